The van der Waals surface area contributed by atoms with Gasteiger partial charge in [-0.3, -0.25) is 4.68 Å². The Bertz CT molecular complexity index is 575. The van der Waals surface area contributed by atoms with Crippen molar-refractivity contribution in [2.45, 2.75) is 44.6 Å². The van der Waals surface area contributed by atoms with Gasteiger partial charge in [0.1, 0.15) is 0 Å². The first-order valence-corrected chi connectivity index (χ1v) is 8.80. The maximum absolute atomic E-state index is 12.5. The summed E-state index contributed by atoms with van der Waals surface area (Å²) < 4.78 is 31.2. The van der Waals surface area contributed by atoms with E-state index in [1.807, 2.05) is 11.7 Å². The third-order valence-corrected chi connectivity index (χ3v) is 5.95. The molecule has 1 aliphatic heterocycles. The molecule has 1 N–H and O–H groups in total. The Morgan fingerprint density at radius 2 is 2.00 bits per heavy atom. The van der Waals surface area contributed by atoms with E-state index in [1.165, 1.54) is 0 Å². The first kappa shape index (κ1) is 14.0. The van der Waals surface area contributed by atoms with Crippen molar-refractivity contribution in [1.82, 2.24) is 18.8 Å². The highest BCUT2D eigenvalue weighted by Crippen LogP contribution is 2.30. The molecule has 0 spiro atoms. The van der Waals surface area contributed by atoms with Gasteiger partial charge in [0.2, 0.25) is 0 Å². The molecule has 3 rings (SSSR count). The molecule has 20 heavy (non-hydrogen) atoms. The van der Waals surface area contributed by atoms with Crippen LogP contribution in [0.3, 0.4) is 0 Å². The zero-order valence-electron chi connectivity index (χ0n) is 11.9. The molecule has 0 saturated carbocycles. The lowest BCUT2D eigenvalue weighted by molar-refractivity contribution is 0.336. The normalized spacial score (nSPS) is 24.6. The van der Waals surface area contributed by atoms with E-state index in [2.05, 4.69) is 9.82 Å². The number of aromatic nitrogens is 2. The Morgan fingerprint density at radius 1 is 1.25 bits per heavy atom. The van der Waals surface area contributed by atoms with Crippen molar-refractivity contribution in [3.05, 3.63) is 17.5 Å². The molecule has 1 unspecified atom stereocenters. The van der Waals surface area contributed by atoms with Crippen molar-refractivity contribution in [2.75, 3.05) is 13.1 Å². The van der Waals surface area contributed by atoms with Crippen molar-refractivity contribution < 1.29 is 8.42 Å². The largest absolute Gasteiger partial charge is 0.280 e. The standard InChI is InChI=1S/C13H22N4O2S/c1-16-13-7-5-6-12(11(13)10-14-16)15-20(18,19)17-8-3-2-4-9-17/h10,12,15H,2-9H2,1H3. The number of nitrogens with zero attached hydrogens (tertiary/aromatic N) is 3. The SMILES string of the molecule is Cn1ncc2c1CCCC2NS(=O)(=O)N1CCCCC1. The maximum Gasteiger partial charge on any atom is 0.280 e. The van der Waals surface area contributed by atoms with Gasteiger partial charge in [-0.05, 0) is 32.1 Å². The second-order valence-corrected chi connectivity index (χ2v) is 7.40. The Kier molecular flexibility index (Phi) is 3.83. The summed E-state index contributed by atoms with van der Waals surface area (Å²) in [6.45, 7) is 1.28. The second kappa shape index (κ2) is 5.46. The number of hydrogen-bond donors (Lipinski definition) is 1. The lowest BCUT2D eigenvalue weighted by Gasteiger charge is -2.30. The van der Waals surface area contributed by atoms with Gasteiger partial charge in [-0.1, -0.05) is 6.42 Å². The Labute approximate surface area is 120 Å². The predicted octanol–water partition coefficient (Wildman–Crippen LogP) is 1.12. The van der Waals surface area contributed by atoms with Crippen LogP contribution in [0.4, 0.5) is 0 Å². The number of rotatable bonds is 3. The van der Waals surface area contributed by atoms with Crippen LogP contribution in [0.2, 0.25) is 0 Å². The van der Waals surface area contributed by atoms with E-state index in [0.29, 0.717) is 13.1 Å². The van der Waals surface area contributed by atoms with E-state index < -0.39 is 10.2 Å². The van der Waals surface area contributed by atoms with Crippen molar-refractivity contribution in [1.29, 1.82) is 0 Å². The van der Waals surface area contributed by atoms with Gasteiger partial charge in [0.15, 0.2) is 0 Å². The summed E-state index contributed by atoms with van der Waals surface area (Å²) >= 11 is 0. The summed E-state index contributed by atoms with van der Waals surface area (Å²) in [6, 6.07) is -0.126. The lowest BCUT2D eigenvalue weighted by Crippen LogP contribution is -2.45. The minimum atomic E-state index is -3.37. The van der Waals surface area contributed by atoms with Crippen LogP contribution in [-0.2, 0) is 23.7 Å². The monoisotopic (exact) mass is 298 g/mol. The summed E-state index contributed by atoms with van der Waals surface area (Å²) in [5.74, 6) is 0. The molecule has 1 atom stereocenters. The van der Waals surface area contributed by atoms with Gasteiger partial charge in [-0.15, -0.1) is 0 Å². The molecular weight excluding hydrogens is 276 g/mol. The highest BCUT2D eigenvalue weighted by Gasteiger charge is 2.30. The highest BCUT2D eigenvalue weighted by molar-refractivity contribution is 7.87. The minimum absolute atomic E-state index is 0.126. The van der Waals surface area contributed by atoms with Gasteiger partial charge in [-0.2, -0.15) is 22.5 Å². The fourth-order valence-electron chi connectivity index (χ4n) is 3.19. The zero-order valence-corrected chi connectivity index (χ0v) is 12.7. The van der Waals surface area contributed by atoms with Crippen molar-refractivity contribution in [3.8, 4) is 0 Å². The molecule has 1 aromatic heterocycles. The lowest BCUT2D eigenvalue weighted by atomic mass is 9.94. The van der Waals surface area contributed by atoms with Crippen LogP contribution in [0, 0.1) is 0 Å². The molecule has 7 heteroatoms. The van der Waals surface area contributed by atoms with Gasteiger partial charge in [0, 0.05) is 31.4 Å². The summed E-state index contributed by atoms with van der Waals surface area (Å²) in [7, 11) is -1.45. The highest BCUT2D eigenvalue weighted by atomic mass is 32.2. The van der Waals surface area contributed by atoms with E-state index in [4.69, 9.17) is 0 Å². The van der Waals surface area contributed by atoms with E-state index in [1.54, 1.807) is 10.5 Å². The van der Waals surface area contributed by atoms with Crippen LogP contribution in [0.25, 0.3) is 0 Å². The maximum atomic E-state index is 12.5. The Hall–Kier alpha value is -0.920. The fraction of sp³-hybridized carbons (Fsp3) is 0.769. The summed E-state index contributed by atoms with van der Waals surface area (Å²) in [5.41, 5.74) is 2.20. The number of hydrogen-bond acceptors (Lipinski definition) is 3. The quantitative estimate of drug-likeness (QED) is 0.909. The number of aryl methyl sites for hydroxylation is 1. The van der Waals surface area contributed by atoms with Crippen molar-refractivity contribution in [3.63, 3.8) is 0 Å². The average molecular weight is 298 g/mol. The van der Waals surface area contributed by atoms with Crippen LogP contribution in [0.1, 0.15) is 49.4 Å². The molecule has 2 heterocycles. The Balaban J connectivity index is 1.78. The second-order valence-electron chi connectivity index (χ2n) is 5.70. The average Bonchev–Trinajstić information content (AvgIpc) is 2.83. The van der Waals surface area contributed by atoms with E-state index in [-0.39, 0.29) is 6.04 Å². The molecule has 1 aliphatic carbocycles. The predicted molar refractivity (Wildman–Crippen MR) is 76.4 cm³/mol. The Morgan fingerprint density at radius 3 is 2.75 bits per heavy atom. The van der Waals surface area contributed by atoms with Gasteiger partial charge in [-0.25, -0.2) is 0 Å². The number of nitrogens with one attached hydrogen (secondary N) is 1. The molecule has 6 nitrogen and oxygen atoms in total. The molecule has 0 bridgehead atoms. The molecule has 0 radical (unpaired) electrons. The van der Waals surface area contributed by atoms with E-state index >= 15 is 0 Å². The topological polar surface area (TPSA) is 67.2 Å². The number of piperidine rings is 1. The van der Waals surface area contributed by atoms with Crippen molar-refractivity contribution >= 4 is 10.2 Å². The molecule has 1 fully saturated rings. The zero-order chi connectivity index (χ0) is 14.2. The third-order valence-electron chi connectivity index (χ3n) is 4.32. The first-order valence-electron chi connectivity index (χ1n) is 7.36. The molecule has 0 amide bonds. The van der Waals surface area contributed by atoms with Crippen LogP contribution in [0.5, 0.6) is 0 Å². The van der Waals surface area contributed by atoms with E-state index in [0.717, 1.165) is 49.8 Å². The van der Waals surface area contributed by atoms with Gasteiger partial charge in [0.05, 0.1) is 12.2 Å². The first-order chi connectivity index (χ1) is 9.58. The van der Waals surface area contributed by atoms with Crippen LogP contribution >= 0.6 is 0 Å². The molecule has 2 aliphatic rings. The van der Waals surface area contributed by atoms with Gasteiger partial charge >= 0.3 is 0 Å². The summed E-state index contributed by atoms with van der Waals surface area (Å²) in [5, 5.41) is 4.26. The molecule has 1 saturated heterocycles. The third kappa shape index (κ3) is 2.62. The molecule has 0 aromatic carbocycles. The van der Waals surface area contributed by atoms with Crippen LogP contribution in [0.15, 0.2) is 6.20 Å². The fourth-order valence-corrected chi connectivity index (χ4v) is 4.68. The van der Waals surface area contributed by atoms with Gasteiger partial charge in [0.25, 0.3) is 10.2 Å². The van der Waals surface area contributed by atoms with Crippen LogP contribution in [-0.4, -0.2) is 35.6 Å². The summed E-state index contributed by atoms with van der Waals surface area (Å²) in [6.07, 6.45) is 7.69. The molecule has 112 valence electrons. The van der Waals surface area contributed by atoms with Crippen molar-refractivity contribution in [2.24, 2.45) is 7.05 Å². The van der Waals surface area contributed by atoms with Crippen LogP contribution < -0.4 is 4.72 Å². The summed E-state index contributed by atoms with van der Waals surface area (Å²) in [4.78, 5) is 0. The van der Waals surface area contributed by atoms with Gasteiger partial charge < -0.3 is 0 Å². The smallest absolute Gasteiger partial charge is 0.272 e. The van der Waals surface area contributed by atoms with E-state index in [9.17, 15) is 8.42 Å². The minimum Gasteiger partial charge on any atom is -0.272 e. The number of fused-ring (bicyclic) bond motifs is 1. The molecule has 1 aromatic rings. The molecular formula is C13H22N4O2S.